The van der Waals surface area contributed by atoms with Gasteiger partial charge in [-0.3, -0.25) is 0 Å². The minimum atomic E-state index is 0.599. The molecule has 0 saturated carbocycles. The zero-order chi connectivity index (χ0) is 9.97. The number of aromatic nitrogens is 2. The van der Waals surface area contributed by atoms with E-state index >= 15 is 0 Å². The number of hydrogen-bond donors (Lipinski definition) is 1. The minimum absolute atomic E-state index is 0.599. The molecule has 2 heteroatoms. The topological polar surface area (TPSA) is 29.9 Å². The van der Waals surface area contributed by atoms with Crippen molar-refractivity contribution < 1.29 is 5.10 Å². The summed E-state index contributed by atoms with van der Waals surface area (Å²) in [5.74, 6) is 0.599. The van der Waals surface area contributed by atoms with Crippen LogP contribution in [-0.4, -0.2) is 5.10 Å². The molecule has 0 saturated heterocycles. The first kappa shape index (κ1) is 9.00. The lowest BCUT2D eigenvalue weighted by atomic mass is 10.0. The zero-order valence-electron chi connectivity index (χ0n) is 8.54. The lowest BCUT2D eigenvalue weighted by Crippen LogP contribution is -1.96. The van der Waals surface area contributed by atoms with Crippen LogP contribution in [0.5, 0.6) is 0 Å². The van der Waals surface area contributed by atoms with Crippen molar-refractivity contribution in [2.24, 2.45) is 0 Å². The highest BCUT2D eigenvalue weighted by Crippen LogP contribution is 2.20. The highest BCUT2D eigenvalue weighted by Gasteiger charge is 2.02. The van der Waals surface area contributed by atoms with Crippen LogP contribution >= 0.6 is 0 Å². The van der Waals surface area contributed by atoms with Gasteiger partial charge in [-0.1, -0.05) is 38.1 Å². The van der Waals surface area contributed by atoms with Gasteiger partial charge in [-0.15, -0.1) is 5.10 Å². The number of H-pyrrole nitrogens is 2. The van der Waals surface area contributed by atoms with Crippen molar-refractivity contribution in [3.63, 3.8) is 0 Å². The maximum absolute atomic E-state index is 2.94. The fourth-order valence-corrected chi connectivity index (χ4v) is 1.51. The molecule has 0 bridgehead atoms. The maximum atomic E-state index is 2.94. The molecular weight excluding hydrogens is 172 g/mol. The molecule has 2 nitrogen and oxygen atoms in total. The molecule has 0 aliphatic rings. The minimum Gasteiger partial charge on any atom is -0.174 e. The predicted octanol–water partition coefficient (Wildman–Crippen LogP) is 2.62. The summed E-state index contributed by atoms with van der Waals surface area (Å²) >= 11 is 0. The van der Waals surface area contributed by atoms with Crippen LogP contribution in [0.15, 0.2) is 36.7 Å². The van der Waals surface area contributed by atoms with Crippen molar-refractivity contribution in [3.8, 4) is 11.1 Å². The summed E-state index contributed by atoms with van der Waals surface area (Å²) in [7, 11) is 0. The first-order chi connectivity index (χ1) is 6.77. The van der Waals surface area contributed by atoms with Crippen LogP contribution in [0.3, 0.4) is 0 Å². The average Bonchev–Trinajstić information content (AvgIpc) is 2.71. The summed E-state index contributed by atoms with van der Waals surface area (Å²) in [6.45, 7) is 4.41. The Labute approximate surface area is 84.0 Å². The molecule has 0 aliphatic carbocycles. The largest absolute Gasteiger partial charge is 0.200 e. The predicted molar refractivity (Wildman–Crippen MR) is 56.9 cm³/mol. The molecule has 72 valence electrons. The number of rotatable bonds is 2. The van der Waals surface area contributed by atoms with Crippen LogP contribution in [0.4, 0.5) is 0 Å². The van der Waals surface area contributed by atoms with Gasteiger partial charge in [-0.25, -0.2) is 0 Å². The second-order valence-electron chi connectivity index (χ2n) is 3.81. The van der Waals surface area contributed by atoms with Crippen LogP contribution in [0.1, 0.15) is 25.3 Å². The van der Waals surface area contributed by atoms with Gasteiger partial charge in [0.15, 0.2) is 0 Å². The lowest BCUT2D eigenvalue weighted by molar-refractivity contribution is -0.448. The van der Waals surface area contributed by atoms with E-state index in [1.54, 1.807) is 0 Å². The first-order valence-corrected chi connectivity index (χ1v) is 4.92. The highest BCUT2D eigenvalue weighted by atomic mass is 15.1. The van der Waals surface area contributed by atoms with Crippen molar-refractivity contribution in [2.75, 3.05) is 0 Å². The van der Waals surface area contributed by atoms with Crippen molar-refractivity contribution in [1.82, 2.24) is 5.10 Å². The van der Waals surface area contributed by atoms with Crippen LogP contribution in [0, 0.1) is 0 Å². The first-order valence-electron chi connectivity index (χ1n) is 4.92. The Bertz CT molecular complexity index is 385. The lowest BCUT2D eigenvalue weighted by Gasteiger charge is -2.04. The third kappa shape index (κ3) is 1.69. The maximum Gasteiger partial charge on any atom is 0.200 e. The van der Waals surface area contributed by atoms with E-state index < -0.39 is 0 Å². The van der Waals surface area contributed by atoms with E-state index in [0.29, 0.717) is 5.92 Å². The van der Waals surface area contributed by atoms with Crippen molar-refractivity contribution >= 4 is 0 Å². The van der Waals surface area contributed by atoms with Crippen LogP contribution in [-0.2, 0) is 0 Å². The summed E-state index contributed by atoms with van der Waals surface area (Å²) in [6, 6.07) is 8.69. The summed E-state index contributed by atoms with van der Waals surface area (Å²) in [6.07, 6.45) is 3.93. The van der Waals surface area contributed by atoms with Gasteiger partial charge in [0.05, 0.1) is 11.8 Å². The molecule has 2 N–H and O–H groups in total. The summed E-state index contributed by atoms with van der Waals surface area (Å²) in [5, 5.41) is 5.88. The van der Waals surface area contributed by atoms with E-state index in [1.807, 2.05) is 12.4 Å². The molecule has 0 aliphatic heterocycles. The third-order valence-corrected chi connectivity index (χ3v) is 2.45. The van der Waals surface area contributed by atoms with Crippen molar-refractivity contribution in [1.29, 1.82) is 0 Å². The van der Waals surface area contributed by atoms with E-state index in [-0.39, 0.29) is 0 Å². The van der Waals surface area contributed by atoms with Gasteiger partial charge >= 0.3 is 0 Å². The molecule has 0 radical (unpaired) electrons. The van der Waals surface area contributed by atoms with Crippen LogP contribution in [0.25, 0.3) is 11.1 Å². The third-order valence-electron chi connectivity index (χ3n) is 2.45. The van der Waals surface area contributed by atoms with Crippen LogP contribution in [0.2, 0.25) is 0 Å². The second kappa shape index (κ2) is 3.66. The fourth-order valence-electron chi connectivity index (χ4n) is 1.51. The fraction of sp³-hybridized carbons (Fsp3) is 0.250. The molecule has 0 atom stereocenters. The molecule has 2 aromatic rings. The average molecular weight is 187 g/mol. The quantitative estimate of drug-likeness (QED) is 0.749. The van der Waals surface area contributed by atoms with Gasteiger partial charge in [0.1, 0.15) is 0 Å². The van der Waals surface area contributed by atoms with Gasteiger partial charge in [0.2, 0.25) is 6.20 Å². The molecular formula is C12H15N2+. The summed E-state index contributed by atoms with van der Waals surface area (Å²) in [5.41, 5.74) is 3.82. The molecule has 0 spiro atoms. The van der Waals surface area contributed by atoms with E-state index in [2.05, 4.69) is 48.3 Å². The zero-order valence-corrected chi connectivity index (χ0v) is 8.54. The van der Waals surface area contributed by atoms with Crippen molar-refractivity contribution in [2.45, 2.75) is 19.8 Å². The number of aromatic amines is 2. The van der Waals surface area contributed by atoms with E-state index in [9.17, 15) is 0 Å². The molecule has 1 heterocycles. The highest BCUT2D eigenvalue weighted by molar-refractivity contribution is 5.61. The van der Waals surface area contributed by atoms with Gasteiger partial charge in [-0.05, 0) is 17.0 Å². The van der Waals surface area contributed by atoms with Gasteiger partial charge in [-0.2, -0.15) is 5.10 Å². The Balaban J connectivity index is 2.31. The van der Waals surface area contributed by atoms with E-state index in [1.165, 1.54) is 16.7 Å². The SMILES string of the molecule is CC(C)c1ccc(-c2c[nH][nH+]c2)cc1. The Morgan fingerprint density at radius 2 is 1.79 bits per heavy atom. The van der Waals surface area contributed by atoms with Crippen molar-refractivity contribution in [3.05, 3.63) is 42.2 Å². The van der Waals surface area contributed by atoms with Gasteiger partial charge < -0.3 is 0 Å². The molecule has 1 aromatic carbocycles. The Morgan fingerprint density at radius 3 is 2.29 bits per heavy atom. The van der Waals surface area contributed by atoms with Crippen LogP contribution < -0.4 is 5.10 Å². The normalized spacial score (nSPS) is 10.8. The van der Waals surface area contributed by atoms with Gasteiger partial charge in [0, 0.05) is 0 Å². The monoisotopic (exact) mass is 187 g/mol. The molecule has 0 unspecified atom stereocenters. The van der Waals surface area contributed by atoms with Gasteiger partial charge in [0.25, 0.3) is 0 Å². The number of nitrogens with one attached hydrogen (secondary N) is 2. The van der Waals surface area contributed by atoms with E-state index in [0.717, 1.165) is 0 Å². The molecule has 2 rings (SSSR count). The summed E-state index contributed by atoms with van der Waals surface area (Å²) in [4.78, 5) is 0. The Morgan fingerprint density at radius 1 is 1.07 bits per heavy atom. The summed E-state index contributed by atoms with van der Waals surface area (Å²) < 4.78 is 0. The second-order valence-corrected chi connectivity index (χ2v) is 3.81. The van der Waals surface area contributed by atoms with E-state index in [4.69, 9.17) is 0 Å². The molecule has 14 heavy (non-hydrogen) atoms. The standard InChI is InChI=1S/C12H14N2/c1-9(2)10-3-5-11(6-4-10)12-7-13-14-8-12/h3-9H,1-2H3,(H,13,14)/p+1. The number of hydrogen-bond acceptors (Lipinski definition) is 0. The number of benzene rings is 1. The molecule has 1 aromatic heterocycles. The molecule has 0 fully saturated rings. The Hall–Kier alpha value is -1.57. The smallest absolute Gasteiger partial charge is 0.174 e. The Kier molecular flexibility index (Phi) is 2.35. The molecule has 0 amide bonds.